The molecule has 0 fully saturated rings. The van der Waals surface area contributed by atoms with Gasteiger partial charge in [-0.05, 0) is 6.42 Å². The van der Waals surface area contributed by atoms with Gasteiger partial charge in [0.2, 0.25) is 11.6 Å². The summed E-state index contributed by atoms with van der Waals surface area (Å²) in [4.78, 5) is 22.4. The molecule has 0 aliphatic heterocycles. The van der Waals surface area contributed by atoms with Crippen LogP contribution in [-0.2, 0) is 9.59 Å². The lowest BCUT2D eigenvalue weighted by Crippen LogP contribution is -2.50. The van der Waals surface area contributed by atoms with E-state index >= 15 is 0 Å². The Bertz CT molecular complexity index is 271. The van der Waals surface area contributed by atoms with E-state index in [1.165, 1.54) is 0 Å². The van der Waals surface area contributed by atoms with Crippen molar-refractivity contribution >= 4 is 11.6 Å². The largest absolute Gasteiger partial charge is 0.394 e. The Morgan fingerprint density at radius 3 is 1.94 bits per heavy atom. The average Bonchev–Trinajstić information content (AvgIpc) is 2.34. The molecule has 0 aromatic rings. The van der Waals surface area contributed by atoms with Gasteiger partial charge in [0.05, 0.1) is 6.61 Å². The second-order valence-electron chi connectivity index (χ2n) is 3.71. The van der Waals surface area contributed by atoms with Crippen LogP contribution in [0.4, 0.5) is 0 Å². The van der Waals surface area contributed by atoms with Gasteiger partial charge in [-0.25, -0.2) is 0 Å². The topological polar surface area (TPSA) is 170 Å². The molecule has 108 valence electrons. The first-order valence-corrected chi connectivity index (χ1v) is 5.26. The molecule has 0 aromatic carbocycles. The second-order valence-corrected chi connectivity index (χ2v) is 3.71. The van der Waals surface area contributed by atoms with Crippen molar-refractivity contribution in [3.05, 3.63) is 0 Å². The Kier molecular flexibility index (Phi) is 9.81. The number of rotatable bonds is 8. The summed E-state index contributed by atoms with van der Waals surface area (Å²) in [5.41, 5.74) is 0. The molecule has 0 heterocycles. The third-order valence-corrected chi connectivity index (χ3v) is 2.28. The Morgan fingerprint density at radius 1 is 1.06 bits per heavy atom. The third kappa shape index (κ3) is 5.17. The van der Waals surface area contributed by atoms with E-state index in [2.05, 4.69) is 0 Å². The van der Waals surface area contributed by atoms with Gasteiger partial charge in [-0.15, -0.1) is 0 Å². The van der Waals surface area contributed by atoms with Crippen LogP contribution in [0.3, 0.4) is 0 Å². The first-order chi connectivity index (χ1) is 7.86. The Hall–Kier alpha value is -0.900. The van der Waals surface area contributed by atoms with Gasteiger partial charge in [-0.3, -0.25) is 9.59 Å². The molecule has 4 unspecified atom stereocenters. The highest BCUT2D eigenvalue weighted by Crippen LogP contribution is 2.07. The highest BCUT2D eigenvalue weighted by molar-refractivity contribution is 6.38. The van der Waals surface area contributed by atoms with Crippen LogP contribution in [0.15, 0.2) is 0 Å². The predicted molar refractivity (Wildman–Crippen MR) is 61.1 cm³/mol. The Labute approximate surface area is 104 Å². The van der Waals surface area contributed by atoms with Crippen LogP contribution in [0.25, 0.3) is 0 Å². The molecule has 0 aliphatic rings. The number of carbonyl (C=O) groups is 2. The molecule has 8 N–H and O–H groups in total. The summed E-state index contributed by atoms with van der Waals surface area (Å²) in [6.45, 7) is 0.820. The van der Waals surface area contributed by atoms with Crippen molar-refractivity contribution in [2.24, 2.45) is 0 Å². The lowest BCUT2D eigenvalue weighted by Gasteiger charge is -2.24. The smallest absolute Gasteiger partial charge is 0.229 e. The number of ketones is 2. The van der Waals surface area contributed by atoms with E-state index in [0.717, 1.165) is 0 Å². The fourth-order valence-electron chi connectivity index (χ4n) is 1.19. The minimum absolute atomic E-state index is 0. The van der Waals surface area contributed by atoms with Gasteiger partial charge in [0, 0.05) is 6.42 Å². The summed E-state index contributed by atoms with van der Waals surface area (Å²) < 4.78 is 0. The van der Waals surface area contributed by atoms with Crippen LogP contribution >= 0.6 is 0 Å². The summed E-state index contributed by atoms with van der Waals surface area (Å²) >= 11 is 0. The van der Waals surface area contributed by atoms with E-state index < -0.39 is 42.6 Å². The van der Waals surface area contributed by atoms with Gasteiger partial charge in [0.1, 0.15) is 24.4 Å². The molecular formula is C10H21NO7. The first kappa shape index (κ1) is 19.4. The molecule has 0 amide bonds. The number of hydrogen-bond acceptors (Lipinski definition) is 8. The summed E-state index contributed by atoms with van der Waals surface area (Å²) in [5.74, 6) is -2.08. The molecule has 0 aliphatic carbocycles. The van der Waals surface area contributed by atoms with Crippen molar-refractivity contribution < 1.29 is 35.1 Å². The number of aliphatic hydroxyl groups is 5. The van der Waals surface area contributed by atoms with Crippen LogP contribution < -0.4 is 6.15 Å². The van der Waals surface area contributed by atoms with E-state index in [1.807, 2.05) is 0 Å². The maximum atomic E-state index is 11.3. The van der Waals surface area contributed by atoms with E-state index in [9.17, 15) is 24.9 Å². The van der Waals surface area contributed by atoms with Crippen molar-refractivity contribution in [3.8, 4) is 0 Å². The number of hydrogen-bond donors (Lipinski definition) is 6. The lowest BCUT2D eigenvalue weighted by molar-refractivity contribution is -0.154. The lowest BCUT2D eigenvalue weighted by atomic mass is 9.97. The van der Waals surface area contributed by atoms with E-state index in [4.69, 9.17) is 10.2 Å². The SMILES string of the molecule is CCCC(=O)C(=O)C(O)C(O)C(O)C(O)CO.N. The zero-order valence-corrected chi connectivity index (χ0v) is 10.2. The molecule has 0 bridgehead atoms. The maximum Gasteiger partial charge on any atom is 0.229 e. The van der Waals surface area contributed by atoms with Crippen LogP contribution in [0.5, 0.6) is 0 Å². The standard InChI is InChI=1S/C10H18O7.H3N/c1-2-3-5(12)7(14)9(16)10(17)8(15)6(13)4-11;/h6,8-11,13,15-17H,2-4H2,1H3;1H3. The summed E-state index contributed by atoms with van der Waals surface area (Å²) in [6.07, 6.45) is -7.39. The molecule has 4 atom stereocenters. The zero-order valence-electron chi connectivity index (χ0n) is 10.2. The predicted octanol–water partition coefficient (Wildman–Crippen LogP) is -2.48. The summed E-state index contributed by atoms with van der Waals surface area (Å²) in [6, 6.07) is 0. The molecule has 18 heavy (non-hydrogen) atoms. The molecule has 0 spiro atoms. The molecule has 0 saturated carbocycles. The van der Waals surface area contributed by atoms with Gasteiger partial charge in [-0.1, -0.05) is 6.92 Å². The quantitative estimate of drug-likeness (QED) is 0.262. The van der Waals surface area contributed by atoms with Crippen LogP contribution in [0.1, 0.15) is 19.8 Å². The maximum absolute atomic E-state index is 11.3. The van der Waals surface area contributed by atoms with Gasteiger partial charge >= 0.3 is 0 Å². The fourth-order valence-corrected chi connectivity index (χ4v) is 1.19. The van der Waals surface area contributed by atoms with Crippen molar-refractivity contribution in [1.29, 1.82) is 0 Å². The normalized spacial score (nSPS) is 17.2. The minimum Gasteiger partial charge on any atom is -0.394 e. The van der Waals surface area contributed by atoms with Crippen molar-refractivity contribution in [1.82, 2.24) is 6.15 Å². The molecule has 0 aromatic heterocycles. The molecule has 0 saturated heterocycles. The molecule has 8 heteroatoms. The van der Waals surface area contributed by atoms with Crippen LogP contribution in [0, 0.1) is 0 Å². The molecule has 0 radical (unpaired) electrons. The van der Waals surface area contributed by atoms with Gasteiger partial charge in [0.25, 0.3) is 0 Å². The van der Waals surface area contributed by atoms with Crippen LogP contribution in [-0.4, -0.2) is 68.1 Å². The number of carbonyl (C=O) groups excluding carboxylic acids is 2. The number of aliphatic hydroxyl groups excluding tert-OH is 5. The monoisotopic (exact) mass is 267 g/mol. The van der Waals surface area contributed by atoms with Crippen molar-refractivity contribution in [2.75, 3.05) is 6.61 Å². The molecular weight excluding hydrogens is 246 g/mol. The Morgan fingerprint density at radius 2 is 1.56 bits per heavy atom. The zero-order chi connectivity index (χ0) is 13.6. The van der Waals surface area contributed by atoms with Gasteiger partial charge < -0.3 is 31.7 Å². The summed E-state index contributed by atoms with van der Waals surface area (Å²) in [5, 5.41) is 45.4. The first-order valence-electron chi connectivity index (χ1n) is 5.26. The average molecular weight is 267 g/mol. The third-order valence-electron chi connectivity index (χ3n) is 2.28. The molecule has 8 nitrogen and oxygen atoms in total. The fraction of sp³-hybridized carbons (Fsp3) is 0.800. The van der Waals surface area contributed by atoms with Gasteiger partial charge in [-0.2, -0.15) is 0 Å². The number of Topliss-reactive ketones (excluding diaryl/α,β-unsaturated/α-hetero) is 2. The van der Waals surface area contributed by atoms with Gasteiger partial charge in [0.15, 0.2) is 0 Å². The minimum atomic E-state index is -2.11. The second kappa shape index (κ2) is 9.09. The van der Waals surface area contributed by atoms with Crippen molar-refractivity contribution in [2.45, 2.75) is 44.2 Å². The highest BCUT2D eigenvalue weighted by Gasteiger charge is 2.36. The van der Waals surface area contributed by atoms with E-state index in [0.29, 0.717) is 6.42 Å². The summed E-state index contributed by atoms with van der Waals surface area (Å²) in [7, 11) is 0. The van der Waals surface area contributed by atoms with Crippen molar-refractivity contribution in [3.63, 3.8) is 0 Å². The van der Waals surface area contributed by atoms with E-state index in [1.54, 1.807) is 6.92 Å². The van der Waals surface area contributed by atoms with Crippen LogP contribution in [0.2, 0.25) is 0 Å². The Balaban J connectivity index is 0. The highest BCUT2D eigenvalue weighted by atomic mass is 16.4. The molecule has 0 rings (SSSR count). The van der Waals surface area contributed by atoms with E-state index in [-0.39, 0.29) is 12.6 Å².